The Kier molecular flexibility index (Phi) is 6.10. The van der Waals surface area contributed by atoms with Crippen LogP contribution in [0.4, 0.5) is 5.69 Å². The number of benzene rings is 2. The Balaban J connectivity index is 1.42. The lowest BCUT2D eigenvalue weighted by Gasteiger charge is -2.25. The number of rotatable bonds is 6. The summed E-state index contributed by atoms with van der Waals surface area (Å²) in [7, 11) is -3.96. The zero-order chi connectivity index (χ0) is 24.1. The lowest BCUT2D eigenvalue weighted by atomic mass is 10.0. The van der Waals surface area contributed by atoms with Crippen molar-refractivity contribution in [2.45, 2.75) is 30.1 Å². The Morgan fingerprint density at radius 2 is 1.91 bits per heavy atom. The Hall–Kier alpha value is -2.17. The van der Waals surface area contributed by atoms with Crippen LogP contribution in [0, 0.1) is 6.92 Å². The smallest absolute Gasteiger partial charge is 0.272 e. The van der Waals surface area contributed by atoms with E-state index >= 15 is 0 Å². The van der Waals surface area contributed by atoms with E-state index in [0.717, 1.165) is 35.4 Å². The van der Waals surface area contributed by atoms with Gasteiger partial charge in [0.25, 0.3) is 10.0 Å². The molecular weight excluding hydrogens is 519 g/mol. The Morgan fingerprint density at radius 3 is 2.65 bits per heavy atom. The molecule has 2 aromatic carbocycles. The van der Waals surface area contributed by atoms with Gasteiger partial charge in [0.05, 0.1) is 15.7 Å². The van der Waals surface area contributed by atoms with Crippen LogP contribution in [-0.2, 0) is 10.0 Å². The fourth-order valence-corrected chi connectivity index (χ4v) is 7.17. The molecule has 2 aliphatic heterocycles. The first-order valence-electron chi connectivity index (χ1n) is 10.5. The number of nitrogens with one attached hydrogen (secondary N) is 2. The first kappa shape index (κ1) is 23.6. The maximum absolute atomic E-state index is 13.2. The number of thiophene rings is 1. The molecule has 0 amide bonds. The van der Waals surface area contributed by atoms with Crippen molar-refractivity contribution >= 4 is 50.2 Å². The van der Waals surface area contributed by atoms with Crippen molar-refractivity contribution in [2.75, 3.05) is 24.6 Å². The Morgan fingerprint density at radius 1 is 1.15 bits per heavy atom. The van der Waals surface area contributed by atoms with Crippen LogP contribution in [0.15, 0.2) is 39.9 Å². The van der Waals surface area contributed by atoms with E-state index in [2.05, 4.69) is 10.0 Å². The minimum Gasteiger partial charge on any atom is -0.485 e. The summed E-state index contributed by atoms with van der Waals surface area (Å²) in [4.78, 5) is 0. The highest BCUT2D eigenvalue weighted by atomic mass is 35.5. The number of hydrogen-bond donors (Lipinski definition) is 2. The number of hydrogen-bond acceptors (Lipinski definition) is 7. The summed E-state index contributed by atoms with van der Waals surface area (Å²) in [5.41, 5.74) is 2.22. The van der Waals surface area contributed by atoms with Gasteiger partial charge >= 0.3 is 0 Å². The van der Waals surface area contributed by atoms with E-state index in [-0.39, 0.29) is 16.0 Å². The molecule has 0 saturated carbocycles. The highest BCUT2D eigenvalue weighted by Gasteiger charge is 2.32. The van der Waals surface area contributed by atoms with Crippen LogP contribution >= 0.6 is 34.5 Å². The topological polar surface area (TPSA) is 85.9 Å². The number of aryl methyl sites for hydroxylation is 1. The highest BCUT2D eigenvalue weighted by Crippen LogP contribution is 2.44. The average Bonchev–Trinajstić information content (AvgIpc) is 3.50. The number of anilines is 1. The first-order valence-corrected chi connectivity index (χ1v) is 13.7. The molecule has 1 aromatic heterocycles. The maximum atomic E-state index is 13.2. The van der Waals surface area contributed by atoms with Crippen LogP contribution in [0.2, 0.25) is 10.0 Å². The first-order chi connectivity index (χ1) is 16.2. The highest BCUT2D eigenvalue weighted by molar-refractivity contribution is 7.94. The van der Waals surface area contributed by atoms with Gasteiger partial charge in [0.15, 0.2) is 15.7 Å². The summed E-state index contributed by atoms with van der Waals surface area (Å²) in [6.45, 7) is 5.59. The van der Waals surface area contributed by atoms with Crippen molar-refractivity contribution in [1.29, 1.82) is 0 Å². The molecule has 3 aromatic rings. The number of fused-ring (bicyclic) bond motifs is 1. The summed E-state index contributed by atoms with van der Waals surface area (Å²) >= 11 is 14.0. The third kappa shape index (κ3) is 4.43. The van der Waals surface area contributed by atoms with Gasteiger partial charge in [0.1, 0.15) is 11.4 Å². The second-order valence-corrected chi connectivity index (χ2v) is 12.0. The molecule has 2 aliphatic rings. The molecule has 34 heavy (non-hydrogen) atoms. The van der Waals surface area contributed by atoms with Crippen molar-refractivity contribution in [3.8, 4) is 28.4 Å². The van der Waals surface area contributed by atoms with Crippen LogP contribution in [-0.4, -0.2) is 33.9 Å². The molecule has 0 bridgehead atoms. The quantitative estimate of drug-likeness (QED) is 0.417. The van der Waals surface area contributed by atoms with Gasteiger partial charge in [-0.15, -0.1) is 11.3 Å². The average molecular weight is 541 g/mol. The van der Waals surface area contributed by atoms with Crippen LogP contribution < -0.4 is 24.2 Å². The molecule has 11 heteroatoms. The van der Waals surface area contributed by atoms with E-state index in [1.54, 1.807) is 23.6 Å². The van der Waals surface area contributed by atoms with Gasteiger partial charge < -0.3 is 19.5 Å². The Bertz CT molecular complexity index is 1370. The lowest BCUT2D eigenvalue weighted by Crippen LogP contribution is -2.34. The van der Waals surface area contributed by atoms with Crippen LogP contribution in [0.1, 0.15) is 18.9 Å². The van der Waals surface area contributed by atoms with Gasteiger partial charge in [-0.25, -0.2) is 8.42 Å². The predicted molar refractivity (Wildman–Crippen MR) is 134 cm³/mol. The van der Waals surface area contributed by atoms with Gasteiger partial charge in [0.2, 0.25) is 6.79 Å². The van der Waals surface area contributed by atoms with Crippen molar-refractivity contribution in [1.82, 2.24) is 5.32 Å². The SMILES string of the molecule is Cc1cc2c(cc1-c1csc(S(=O)(=O)Nc3ccc(Cl)c(O[C@]4(C)CCNC4)c3)c1Cl)OCO2. The minimum atomic E-state index is -3.96. The summed E-state index contributed by atoms with van der Waals surface area (Å²) in [5.74, 6) is 1.68. The van der Waals surface area contributed by atoms with E-state index in [1.165, 1.54) is 0 Å². The van der Waals surface area contributed by atoms with Gasteiger partial charge in [0, 0.05) is 30.0 Å². The van der Waals surface area contributed by atoms with Gasteiger partial charge in [-0.3, -0.25) is 4.72 Å². The zero-order valence-corrected chi connectivity index (χ0v) is 21.6. The molecule has 1 fully saturated rings. The lowest BCUT2D eigenvalue weighted by molar-refractivity contribution is 0.111. The molecule has 1 saturated heterocycles. The third-order valence-corrected chi connectivity index (χ3v) is 9.67. The van der Waals surface area contributed by atoms with Crippen molar-refractivity contribution < 1.29 is 22.6 Å². The molecule has 7 nitrogen and oxygen atoms in total. The van der Waals surface area contributed by atoms with E-state index in [9.17, 15) is 8.42 Å². The maximum Gasteiger partial charge on any atom is 0.272 e. The number of sulfonamides is 1. The second kappa shape index (κ2) is 8.80. The van der Waals surface area contributed by atoms with Crippen LogP contribution in [0.3, 0.4) is 0 Å². The summed E-state index contributed by atoms with van der Waals surface area (Å²) < 4.78 is 46.1. The van der Waals surface area contributed by atoms with Crippen LogP contribution in [0.5, 0.6) is 17.2 Å². The Labute approximate surface area is 212 Å². The van der Waals surface area contributed by atoms with E-state index in [4.69, 9.17) is 37.4 Å². The molecule has 3 heterocycles. The fraction of sp³-hybridized carbons (Fsp3) is 0.304. The van der Waals surface area contributed by atoms with Crippen molar-refractivity contribution in [3.05, 3.63) is 51.3 Å². The molecule has 0 aliphatic carbocycles. The van der Waals surface area contributed by atoms with Crippen LogP contribution in [0.25, 0.3) is 11.1 Å². The predicted octanol–water partition coefficient (Wildman–Crippen LogP) is 5.69. The number of halogens is 2. The molecular formula is C23H22Cl2N2O5S2. The molecule has 0 unspecified atom stereocenters. The largest absolute Gasteiger partial charge is 0.485 e. The van der Waals surface area contributed by atoms with Crippen molar-refractivity contribution in [3.63, 3.8) is 0 Å². The molecule has 0 radical (unpaired) electrons. The van der Waals surface area contributed by atoms with E-state index in [0.29, 0.717) is 40.1 Å². The molecule has 5 rings (SSSR count). The number of ether oxygens (including phenoxy) is 3. The summed E-state index contributed by atoms with van der Waals surface area (Å²) in [6, 6.07) is 8.46. The monoisotopic (exact) mass is 540 g/mol. The summed E-state index contributed by atoms with van der Waals surface area (Å²) in [6.07, 6.45) is 0.826. The van der Waals surface area contributed by atoms with Gasteiger partial charge in [-0.2, -0.15) is 0 Å². The van der Waals surface area contributed by atoms with E-state index < -0.39 is 15.6 Å². The van der Waals surface area contributed by atoms with Crippen molar-refractivity contribution in [2.24, 2.45) is 0 Å². The molecule has 2 N–H and O–H groups in total. The molecule has 180 valence electrons. The zero-order valence-electron chi connectivity index (χ0n) is 18.4. The molecule has 1 atom stereocenters. The minimum absolute atomic E-state index is 0.0191. The third-order valence-electron chi connectivity index (χ3n) is 5.82. The standard InChI is InChI=1S/C23H22Cl2N2O5S2/c1-13-7-19-20(31-12-30-19)9-15(13)16-10-33-22(21(16)25)34(28,29)27-14-3-4-17(24)18(8-14)32-23(2)5-6-26-11-23/h3-4,7-10,26-27H,5-6,11-12H2,1-2H3/t23-/m1/s1. The normalized spacial score (nSPS) is 19.4. The second-order valence-electron chi connectivity index (χ2n) is 8.50. The van der Waals surface area contributed by atoms with Gasteiger partial charge in [-0.05, 0) is 55.8 Å². The van der Waals surface area contributed by atoms with E-state index in [1.807, 2.05) is 26.0 Å². The van der Waals surface area contributed by atoms with Gasteiger partial charge in [-0.1, -0.05) is 23.2 Å². The summed E-state index contributed by atoms with van der Waals surface area (Å²) in [5, 5.41) is 5.54. The molecule has 0 spiro atoms. The fourth-order valence-electron chi connectivity index (χ4n) is 4.02.